The maximum atomic E-state index is 13.7. The van der Waals surface area contributed by atoms with Gasteiger partial charge in [-0.05, 0) is 119 Å². The van der Waals surface area contributed by atoms with Crippen LogP contribution in [-0.2, 0) is 74.3 Å². The fourth-order valence-corrected chi connectivity index (χ4v) is 15.3. The number of aryl methyl sites for hydroxylation is 1. The van der Waals surface area contributed by atoms with E-state index in [9.17, 15) is 47.0 Å². The number of allylic oxidation sites excluding steroid dienone is 4. The third-order valence-electron chi connectivity index (χ3n) is 19.5. The summed E-state index contributed by atoms with van der Waals surface area (Å²) in [6.45, 7) is 16.3. The minimum atomic E-state index is -5.04. The molecule has 0 saturated carbocycles. The van der Waals surface area contributed by atoms with E-state index in [1.807, 2.05) is 0 Å². The zero-order valence-corrected chi connectivity index (χ0v) is 63.2. The first-order chi connectivity index (χ1) is 50.6. The van der Waals surface area contributed by atoms with Crippen LogP contribution in [0.1, 0.15) is 114 Å². The number of nitrogens with zero attached hydrogens (tertiary/aromatic N) is 9. The first kappa shape index (κ1) is 80.6. The Morgan fingerprint density at radius 1 is 0.887 bits per heavy atom. The SMILES string of the molecule is CC[N+]1=C(/C=C/C=C2/N(CCCCCC(=O)NCCCOCCOCCOCCCNc3ccn([C@H]4C[C@@H](OP(=O)(O)OC[C@H]5O[C@@H](n6cnc7c(N(C)C)ncnc76)C(O)[C@H]5NC(=O)C(N)Cc5ccc(OC)cc5)[C@@H](CO)O4)c(=O)n3)c3ccc(S(=O)(=O)O)cc3C2(C)C)C(C)(C)c2cc(C)ccc21. The first-order valence-corrected chi connectivity index (χ1v) is 38.7. The van der Waals surface area contributed by atoms with Crippen molar-refractivity contribution < 1.29 is 84.3 Å². The van der Waals surface area contributed by atoms with Crippen molar-refractivity contribution in [3.63, 3.8) is 0 Å². The van der Waals surface area contributed by atoms with Gasteiger partial charge in [0.25, 0.3) is 10.1 Å². The van der Waals surface area contributed by atoms with Crippen LogP contribution in [0.25, 0.3) is 11.2 Å². The van der Waals surface area contributed by atoms with Crippen LogP contribution >= 0.6 is 7.82 Å². The number of hydrogen-bond acceptors (Lipinski definition) is 24. The average molecular weight is 1510 g/mol. The molecule has 10 rings (SSSR count). The zero-order valence-electron chi connectivity index (χ0n) is 61.5. The number of amides is 2. The standard InChI is InChI=1S/C73H100N13O18PS/c1-10-83-54-26-20-47(2)39-51(54)72(3,4)59(83)17-14-18-60-73(5,6)52-41-50(106(94,95)96)25-27-55(52)84(60)31-13-11-12-19-62(88)76-30-16-34-99-36-38-100-37-35-98-33-15-29-75-61-28-32-85(71(91)80-61)63-42-56(57(43-87)102-63)104-105(92,93)101-44-58-64(81-69(90)53(74)40-48-21-23-49(97-9)24-22-48)66(89)70(103-58)86-46-79-65-67(82(7)8)77-45-78-68(65)86/h14,17-18,20-28,32,39,41,45-46,53,56-58,63-64,66,70,87,89H,10-13,15-16,19,29-31,33-38,40,42-44,74H2,1-9H3,(H4-,75,76,80,81,88,90,91,92,93,94,95,96)/p+1/t53?,56-,57-,58-,63-,64+,66?,70-/m1/s1. The van der Waals surface area contributed by atoms with Gasteiger partial charge in [-0.25, -0.2) is 24.3 Å². The fourth-order valence-electron chi connectivity index (χ4n) is 13.8. The highest BCUT2D eigenvalue weighted by Gasteiger charge is 2.50. The summed E-state index contributed by atoms with van der Waals surface area (Å²) in [6, 6.07) is 17.6. The quantitative estimate of drug-likeness (QED) is 0.00940. The van der Waals surface area contributed by atoms with Gasteiger partial charge in [-0.2, -0.15) is 18.0 Å². The smallest absolute Gasteiger partial charge is 0.472 e. The van der Waals surface area contributed by atoms with E-state index in [0.29, 0.717) is 108 Å². The van der Waals surface area contributed by atoms with Crippen molar-refractivity contribution in [3.8, 4) is 5.75 Å². The molecule has 3 unspecified atom stereocenters. The monoisotopic (exact) mass is 1510 g/mol. The number of unbranched alkanes of at least 4 members (excludes halogenated alkanes) is 2. The molecular formula is C73H101N13O18PS+. The number of anilines is 3. The van der Waals surface area contributed by atoms with Gasteiger partial charge in [0.1, 0.15) is 55.1 Å². The molecule has 2 amide bonds. The van der Waals surface area contributed by atoms with E-state index in [1.54, 1.807) is 61.5 Å². The Balaban J connectivity index is 0.587. The number of carbonyl (C=O) groups excluding carboxylic acids is 2. The lowest BCUT2D eigenvalue weighted by Crippen LogP contribution is -2.53. The second-order valence-corrected chi connectivity index (χ2v) is 30.7. The van der Waals surface area contributed by atoms with Crippen LogP contribution in [0.15, 0.2) is 119 Å². The van der Waals surface area contributed by atoms with Gasteiger partial charge in [-0.1, -0.05) is 50.1 Å². The summed E-state index contributed by atoms with van der Waals surface area (Å²) in [7, 11) is -4.36. The summed E-state index contributed by atoms with van der Waals surface area (Å²) in [6.07, 6.45) is 6.97. The van der Waals surface area contributed by atoms with Crippen molar-refractivity contribution in [2.75, 3.05) is 115 Å². The molecule has 6 aromatic rings. The van der Waals surface area contributed by atoms with Crippen LogP contribution < -0.4 is 41.9 Å². The van der Waals surface area contributed by atoms with Gasteiger partial charge in [0.2, 0.25) is 17.5 Å². The Kier molecular flexibility index (Phi) is 27.3. The minimum Gasteiger partial charge on any atom is -0.497 e. The Labute approximate surface area is 617 Å². The van der Waals surface area contributed by atoms with Crippen LogP contribution in [0.5, 0.6) is 5.75 Å². The van der Waals surface area contributed by atoms with Crippen LogP contribution in [0.2, 0.25) is 0 Å². The minimum absolute atomic E-state index is 0.0249. The molecular weight excluding hydrogens is 1410 g/mol. The summed E-state index contributed by atoms with van der Waals surface area (Å²) >= 11 is 0. The molecule has 3 aromatic heterocycles. The van der Waals surface area contributed by atoms with Gasteiger partial charge in [-0.3, -0.25) is 32.3 Å². The number of aliphatic hydroxyl groups is 2. The zero-order chi connectivity index (χ0) is 76.1. The molecule has 0 spiro atoms. The maximum absolute atomic E-state index is 13.7. The molecule has 0 bridgehead atoms. The lowest BCUT2D eigenvalue weighted by Gasteiger charge is -2.27. The molecule has 0 aliphatic carbocycles. The van der Waals surface area contributed by atoms with Crippen molar-refractivity contribution in [2.45, 2.75) is 158 Å². The Morgan fingerprint density at radius 3 is 2.30 bits per heavy atom. The summed E-state index contributed by atoms with van der Waals surface area (Å²) in [5, 5.41) is 30.9. The third kappa shape index (κ3) is 19.5. The molecule has 2 saturated heterocycles. The number of benzene rings is 3. The summed E-state index contributed by atoms with van der Waals surface area (Å²) in [4.78, 5) is 71.9. The highest BCUT2D eigenvalue weighted by molar-refractivity contribution is 7.85. The number of nitrogens with one attached hydrogen (secondary N) is 3. The summed E-state index contributed by atoms with van der Waals surface area (Å²) in [5.74, 6) is 0.719. The topological polar surface area (TPSA) is 390 Å². The Hall–Kier alpha value is -7.92. The van der Waals surface area contributed by atoms with Crippen molar-refractivity contribution in [3.05, 3.63) is 142 Å². The summed E-state index contributed by atoms with van der Waals surface area (Å²) in [5.41, 5.74) is 13.9. The molecule has 31 nitrogen and oxygen atoms in total. The Morgan fingerprint density at radius 2 is 1.61 bits per heavy atom. The van der Waals surface area contributed by atoms with Crippen molar-refractivity contribution in [2.24, 2.45) is 5.73 Å². The molecule has 3 aromatic carbocycles. The van der Waals surface area contributed by atoms with Crippen molar-refractivity contribution in [1.82, 2.24) is 39.7 Å². The van der Waals surface area contributed by atoms with Gasteiger partial charge in [0.05, 0.1) is 75.5 Å². The fraction of sp³-hybridized carbons (Fsp3) is 0.534. The van der Waals surface area contributed by atoms with Crippen LogP contribution in [0, 0.1) is 6.92 Å². The number of ether oxygens (including phenoxy) is 6. The lowest BCUT2D eigenvalue weighted by molar-refractivity contribution is -0.433. The predicted molar refractivity (Wildman–Crippen MR) is 396 cm³/mol. The van der Waals surface area contributed by atoms with E-state index in [4.69, 9.17) is 43.2 Å². The number of aromatic nitrogens is 6. The highest BCUT2D eigenvalue weighted by Crippen LogP contribution is 2.51. The van der Waals surface area contributed by atoms with Crippen molar-refractivity contribution in [1.29, 1.82) is 0 Å². The van der Waals surface area contributed by atoms with E-state index in [-0.39, 0.29) is 34.9 Å². The normalized spacial score (nSPS) is 21.6. The first-order valence-electron chi connectivity index (χ1n) is 35.8. The molecule has 7 heterocycles. The number of imidazole rings is 1. The van der Waals surface area contributed by atoms with E-state index >= 15 is 0 Å². The highest BCUT2D eigenvalue weighted by atomic mass is 32.2. The molecule has 9 N–H and O–H groups in total. The average Bonchev–Trinajstić information content (AvgIpc) is 1.61. The number of carbonyl (C=O) groups is 2. The second kappa shape index (κ2) is 35.9. The number of methoxy groups -OCH3 is 1. The maximum Gasteiger partial charge on any atom is 0.472 e. The third-order valence-corrected chi connectivity index (χ3v) is 21.3. The van der Waals surface area contributed by atoms with Gasteiger partial charge in [0.15, 0.2) is 28.9 Å². The second-order valence-electron chi connectivity index (χ2n) is 27.9. The number of rotatable bonds is 39. The predicted octanol–water partition coefficient (Wildman–Crippen LogP) is 6.06. The molecule has 9 atom stereocenters. The number of phosphoric acid groups is 1. The number of phosphoric ester groups is 1. The molecule has 2 fully saturated rings. The molecule has 4 aliphatic rings. The van der Waals surface area contributed by atoms with Crippen LogP contribution in [-0.4, -0.2) is 216 Å². The van der Waals surface area contributed by atoms with E-state index < -0.39 is 97.1 Å². The number of nitrogens with two attached hydrogens (primary N) is 1. The lowest BCUT2D eigenvalue weighted by atomic mass is 9.80. The molecule has 106 heavy (non-hydrogen) atoms. The van der Waals surface area contributed by atoms with Gasteiger partial charge >= 0.3 is 13.5 Å². The van der Waals surface area contributed by atoms with Gasteiger partial charge < -0.3 is 75.0 Å². The number of fused-ring (bicyclic) bond motifs is 3. The molecule has 576 valence electrons. The number of aliphatic hydroxyl groups excluding tert-OH is 2. The largest absolute Gasteiger partial charge is 0.497 e. The summed E-state index contributed by atoms with van der Waals surface area (Å²) < 4.78 is 98.7. The Bertz CT molecular complexity index is 4360. The van der Waals surface area contributed by atoms with E-state index in [0.717, 1.165) is 41.9 Å². The number of hydrogen-bond donors (Lipinski definition) is 8. The van der Waals surface area contributed by atoms with Crippen molar-refractivity contribution >= 4 is 69.6 Å². The van der Waals surface area contributed by atoms with E-state index in [1.165, 1.54) is 63.7 Å². The van der Waals surface area contributed by atoms with Crippen LogP contribution in [0.4, 0.5) is 23.0 Å². The molecule has 4 aliphatic heterocycles. The van der Waals surface area contributed by atoms with Gasteiger partial charge in [-0.15, -0.1) is 0 Å². The van der Waals surface area contributed by atoms with Crippen LogP contribution in [0.3, 0.4) is 0 Å². The molecule has 0 radical (unpaired) electrons. The molecule has 33 heteroatoms. The van der Waals surface area contributed by atoms with E-state index in [2.05, 4.69) is 123 Å². The van der Waals surface area contributed by atoms with Gasteiger partial charge in [0, 0.05) is 100 Å².